The Morgan fingerprint density at radius 2 is 0.797 bits per heavy atom. The number of phosphoric ester groups is 1. The summed E-state index contributed by atoms with van der Waals surface area (Å²) in [6.07, 6.45) is 75.9. The fourth-order valence-electron chi connectivity index (χ4n) is 7.75. The molecule has 0 radical (unpaired) electrons. The van der Waals surface area contributed by atoms with Gasteiger partial charge in [-0.05, 0) is 89.9 Å². The second-order valence-corrected chi connectivity index (χ2v) is 22.0. The first-order valence-electron chi connectivity index (χ1n) is 29.6. The molecule has 0 aromatic heterocycles. The van der Waals surface area contributed by atoms with Crippen LogP contribution in [0.15, 0.2) is 109 Å². The molecule has 0 aromatic carbocycles. The Morgan fingerprint density at radius 1 is 0.432 bits per heavy atom. The molecule has 74 heavy (non-hydrogen) atoms. The summed E-state index contributed by atoms with van der Waals surface area (Å²) in [5.74, 6) is -0.934. The fraction of sp³-hybridized carbons (Fsp3) is 0.688. The van der Waals surface area contributed by atoms with Crippen LogP contribution in [0.4, 0.5) is 0 Å². The summed E-state index contributed by atoms with van der Waals surface area (Å²) in [6, 6.07) is 0. The van der Waals surface area contributed by atoms with E-state index in [0.717, 1.165) is 64.2 Å². The number of allylic oxidation sites excluding steroid dienone is 18. The number of rotatable bonds is 53. The van der Waals surface area contributed by atoms with Gasteiger partial charge in [-0.25, -0.2) is 0 Å². The maximum absolute atomic E-state index is 12.7. The van der Waals surface area contributed by atoms with Gasteiger partial charge in [0.1, 0.15) is 19.8 Å². The Kier molecular flexibility index (Phi) is 52.0. The third-order valence-electron chi connectivity index (χ3n) is 12.3. The van der Waals surface area contributed by atoms with Gasteiger partial charge in [0.25, 0.3) is 7.82 Å². The molecule has 0 saturated heterocycles. The van der Waals surface area contributed by atoms with Crippen molar-refractivity contribution < 1.29 is 42.1 Å². The van der Waals surface area contributed by atoms with E-state index in [1.807, 2.05) is 33.3 Å². The van der Waals surface area contributed by atoms with Gasteiger partial charge in [0, 0.05) is 12.8 Å². The summed E-state index contributed by atoms with van der Waals surface area (Å²) in [5, 5.41) is 0. The van der Waals surface area contributed by atoms with Crippen LogP contribution in [0.2, 0.25) is 0 Å². The van der Waals surface area contributed by atoms with Gasteiger partial charge in [-0.15, -0.1) is 0 Å². The molecule has 0 aliphatic heterocycles. The molecule has 0 N–H and O–H groups in total. The highest BCUT2D eigenvalue weighted by Crippen LogP contribution is 2.38. The van der Waals surface area contributed by atoms with Gasteiger partial charge in [0.05, 0.1) is 27.7 Å². The number of hydrogen-bond acceptors (Lipinski definition) is 8. The number of likely N-dealkylation sites (N-methyl/N-ethyl adjacent to an activating group) is 1. The average Bonchev–Trinajstić information content (AvgIpc) is 3.36. The zero-order valence-corrected chi connectivity index (χ0v) is 48.9. The minimum absolute atomic E-state index is 0.0493. The van der Waals surface area contributed by atoms with E-state index in [-0.39, 0.29) is 26.1 Å². The summed E-state index contributed by atoms with van der Waals surface area (Å²) >= 11 is 0. The van der Waals surface area contributed by atoms with Gasteiger partial charge in [-0.3, -0.25) is 14.2 Å². The second kappa shape index (κ2) is 54.5. The fourth-order valence-corrected chi connectivity index (χ4v) is 8.48. The van der Waals surface area contributed by atoms with E-state index in [0.29, 0.717) is 23.9 Å². The normalized spacial score (nSPS) is 14.1. The number of ether oxygens (including phenoxy) is 2. The molecule has 2 atom stereocenters. The van der Waals surface area contributed by atoms with Gasteiger partial charge >= 0.3 is 11.9 Å². The molecule has 0 rings (SSSR count). The van der Waals surface area contributed by atoms with Gasteiger partial charge < -0.3 is 27.9 Å². The van der Waals surface area contributed by atoms with Crippen LogP contribution in [0.25, 0.3) is 0 Å². The van der Waals surface area contributed by atoms with Crippen molar-refractivity contribution in [2.45, 2.75) is 238 Å². The number of quaternary nitrogens is 1. The molecule has 424 valence electrons. The SMILES string of the molecule is CC/C=C\C/C=C\C/C=C\C/C=C\C/C=C\C/C=C\CCC(=O)OC(COC(=O)CCCCCCCCCCCCCCCCCC/C=C\C/C=C\C/C=C\CCCCCCC)COP(=O)([O-])OCC[N+](C)(C)C. The number of nitrogens with zero attached hydrogens (tertiary/aromatic N) is 1. The van der Waals surface area contributed by atoms with E-state index in [2.05, 4.69) is 111 Å². The highest BCUT2D eigenvalue weighted by molar-refractivity contribution is 7.45. The Morgan fingerprint density at radius 3 is 1.20 bits per heavy atom. The monoisotopic (exact) mass is 1050 g/mol. The van der Waals surface area contributed by atoms with Crippen molar-refractivity contribution in [3.05, 3.63) is 109 Å². The molecule has 0 heterocycles. The molecule has 10 heteroatoms. The van der Waals surface area contributed by atoms with Gasteiger partial charge in [0.15, 0.2) is 6.10 Å². The molecule has 0 amide bonds. The van der Waals surface area contributed by atoms with E-state index in [4.69, 9.17) is 18.5 Å². The van der Waals surface area contributed by atoms with Crippen molar-refractivity contribution >= 4 is 19.8 Å². The molecule has 0 aliphatic rings. The Bertz CT molecular complexity index is 1620. The molecular formula is C64H110NO8P. The van der Waals surface area contributed by atoms with Crippen LogP contribution < -0.4 is 4.89 Å². The first-order valence-corrected chi connectivity index (χ1v) is 31.1. The van der Waals surface area contributed by atoms with Crippen molar-refractivity contribution in [3.8, 4) is 0 Å². The molecule has 0 spiro atoms. The molecule has 0 saturated carbocycles. The van der Waals surface area contributed by atoms with Crippen LogP contribution in [0.1, 0.15) is 232 Å². The predicted octanol–water partition coefficient (Wildman–Crippen LogP) is 18.0. The maximum atomic E-state index is 12.7. The Hall–Kier alpha value is -3.33. The van der Waals surface area contributed by atoms with Crippen molar-refractivity contribution in [2.75, 3.05) is 47.5 Å². The quantitative estimate of drug-likeness (QED) is 0.0195. The molecule has 0 aromatic rings. The van der Waals surface area contributed by atoms with E-state index >= 15 is 0 Å². The molecule has 0 aliphatic carbocycles. The minimum atomic E-state index is -4.66. The van der Waals surface area contributed by atoms with Crippen molar-refractivity contribution in [1.82, 2.24) is 0 Å². The largest absolute Gasteiger partial charge is 0.756 e. The van der Waals surface area contributed by atoms with Gasteiger partial charge in [-0.2, -0.15) is 0 Å². The standard InChI is InChI=1S/C64H110NO8P/c1-6-8-10-12-14-16-18-20-22-24-26-27-28-29-30-31-32-33-34-35-36-37-39-40-42-44-46-48-50-52-54-56-63(66)70-60-62(61-72-74(68,69)71-59-58-65(3,4)5)73-64(67)57-55-53-51-49-47-45-43-41-38-25-23-21-19-17-15-13-11-9-7-2/h9,11,15,17-18,20-21,23-24,26,28-29,38,41,45,47,51,53,62H,6-8,10,12-14,16,19,22,25,27,30-37,39-40,42-44,46,48-50,52,54-61H2,1-5H3/b11-9-,17-15-,20-18-,23-21-,26-24-,29-28-,41-38-,47-45-,53-51-. The van der Waals surface area contributed by atoms with Crippen LogP contribution in [0.3, 0.4) is 0 Å². The summed E-state index contributed by atoms with van der Waals surface area (Å²) in [5.41, 5.74) is 0. The van der Waals surface area contributed by atoms with Crippen molar-refractivity contribution in [3.63, 3.8) is 0 Å². The second-order valence-electron chi connectivity index (χ2n) is 20.6. The summed E-state index contributed by atoms with van der Waals surface area (Å²) in [6.45, 7) is 4.02. The lowest BCUT2D eigenvalue weighted by atomic mass is 10.0. The van der Waals surface area contributed by atoms with Crippen LogP contribution >= 0.6 is 7.82 Å². The average molecular weight is 1050 g/mol. The highest BCUT2D eigenvalue weighted by Gasteiger charge is 2.21. The van der Waals surface area contributed by atoms with E-state index in [9.17, 15) is 19.0 Å². The third-order valence-corrected chi connectivity index (χ3v) is 13.3. The number of esters is 2. The van der Waals surface area contributed by atoms with Crippen LogP contribution in [-0.2, 0) is 32.7 Å². The highest BCUT2D eigenvalue weighted by atomic mass is 31.2. The Balaban J connectivity index is 4.18. The minimum Gasteiger partial charge on any atom is -0.756 e. The molecule has 2 unspecified atom stereocenters. The number of carbonyl (C=O) groups is 2. The topological polar surface area (TPSA) is 111 Å². The summed E-state index contributed by atoms with van der Waals surface area (Å²) in [4.78, 5) is 37.8. The summed E-state index contributed by atoms with van der Waals surface area (Å²) in [7, 11) is 1.11. The van der Waals surface area contributed by atoms with E-state index in [1.54, 1.807) is 0 Å². The Labute approximate surface area is 455 Å². The van der Waals surface area contributed by atoms with E-state index < -0.39 is 32.5 Å². The summed E-state index contributed by atoms with van der Waals surface area (Å²) < 4.78 is 34.0. The van der Waals surface area contributed by atoms with Gasteiger partial charge in [0.2, 0.25) is 0 Å². The first kappa shape index (κ1) is 70.7. The molecule has 0 fully saturated rings. The molecule has 9 nitrogen and oxygen atoms in total. The van der Waals surface area contributed by atoms with Gasteiger partial charge in [-0.1, -0.05) is 239 Å². The first-order chi connectivity index (χ1) is 36.0. The van der Waals surface area contributed by atoms with E-state index in [1.165, 1.54) is 128 Å². The van der Waals surface area contributed by atoms with Crippen LogP contribution in [0.5, 0.6) is 0 Å². The zero-order valence-electron chi connectivity index (χ0n) is 48.0. The maximum Gasteiger partial charge on any atom is 0.306 e. The predicted molar refractivity (Wildman–Crippen MR) is 314 cm³/mol. The number of carbonyl (C=O) groups excluding carboxylic acids is 2. The lowest BCUT2D eigenvalue weighted by Crippen LogP contribution is -2.37. The van der Waals surface area contributed by atoms with Crippen molar-refractivity contribution in [1.29, 1.82) is 0 Å². The molecular weight excluding hydrogens is 942 g/mol. The third kappa shape index (κ3) is 57.9. The number of unbranched alkanes of at least 4 members (excludes halogenated alkanes) is 21. The number of phosphoric acid groups is 1. The molecule has 0 bridgehead atoms. The van der Waals surface area contributed by atoms with Crippen LogP contribution in [0, 0.1) is 0 Å². The number of hydrogen-bond donors (Lipinski definition) is 0. The lowest BCUT2D eigenvalue weighted by molar-refractivity contribution is -0.870. The zero-order chi connectivity index (χ0) is 54.2. The van der Waals surface area contributed by atoms with Crippen molar-refractivity contribution in [2.24, 2.45) is 0 Å². The lowest BCUT2D eigenvalue weighted by Gasteiger charge is -2.28. The smallest absolute Gasteiger partial charge is 0.306 e. The van der Waals surface area contributed by atoms with Crippen LogP contribution in [-0.4, -0.2) is 70.0 Å².